The van der Waals surface area contributed by atoms with E-state index in [9.17, 15) is 13.9 Å². The van der Waals surface area contributed by atoms with Crippen LogP contribution in [0.3, 0.4) is 0 Å². The fourth-order valence-corrected chi connectivity index (χ4v) is 1.36. The van der Waals surface area contributed by atoms with Gasteiger partial charge in [0.1, 0.15) is 11.6 Å². The van der Waals surface area contributed by atoms with Crippen LogP contribution in [0.15, 0.2) is 18.2 Å². The first-order valence-corrected chi connectivity index (χ1v) is 5.22. The summed E-state index contributed by atoms with van der Waals surface area (Å²) in [4.78, 5) is 0. The standard InChI is InChI=1S/C12H16F2O2/c1-8(2)16-7-12(15)5-9-3-10(13)6-11(14)4-9/h3-4,6,8,12,15H,5,7H2,1-2H3. The molecule has 1 aromatic carbocycles. The molecule has 2 nitrogen and oxygen atoms in total. The molecule has 0 aliphatic carbocycles. The number of hydrogen-bond donors (Lipinski definition) is 1. The van der Waals surface area contributed by atoms with Crippen molar-refractivity contribution in [1.82, 2.24) is 0 Å². The topological polar surface area (TPSA) is 29.5 Å². The van der Waals surface area contributed by atoms with E-state index in [0.717, 1.165) is 6.07 Å². The summed E-state index contributed by atoms with van der Waals surface area (Å²) in [5.74, 6) is -1.26. The third-order valence-electron chi connectivity index (χ3n) is 2.02. The number of aliphatic hydroxyl groups is 1. The zero-order valence-corrected chi connectivity index (χ0v) is 9.41. The van der Waals surface area contributed by atoms with Crippen LogP contribution >= 0.6 is 0 Å². The van der Waals surface area contributed by atoms with Crippen LogP contribution in [0.5, 0.6) is 0 Å². The van der Waals surface area contributed by atoms with Gasteiger partial charge in [-0.05, 0) is 31.5 Å². The molecule has 0 heterocycles. The average Bonchev–Trinajstić information content (AvgIpc) is 2.12. The van der Waals surface area contributed by atoms with Crippen LogP contribution in [0.2, 0.25) is 0 Å². The van der Waals surface area contributed by atoms with Crippen LogP contribution in [0.4, 0.5) is 8.78 Å². The van der Waals surface area contributed by atoms with Crippen molar-refractivity contribution < 1.29 is 18.6 Å². The third-order valence-corrected chi connectivity index (χ3v) is 2.02. The molecule has 0 amide bonds. The van der Waals surface area contributed by atoms with Crippen molar-refractivity contribution in [1.29, 1.82) is 0 Å². The van der Waals surface area contributed by atoms with E-state index in [2.05, 4.69) is 0 Å². The molecule has 1 atom stereocenters. The first kappa shape index (κ1) is 13.1. The highest BCUT2D eigenvalue weighted by molar-refractivity contribution is 5.18. The molecule has 16 heavy (non-hydrogen) atoms. The van der Waals surface area contributed by atoms with Crippen LogP contribution in [-0.4, -0.2) is 23.9 Å². The predicted molar refractivity (Wildman–Crippen MR) is 57.2 cm³/mol. The molecule has 0 fully saturated rings. The average molecular weight is 230 g/mol. The van der Waals surface area contributed by atoms with Gasteiger partial charge >= 0.3 is 0 Å². The van der Waals surface area contributed by atoms with Crippen molar-refractivity contribution in [3.05, 3.63) is 35.4 Å². The molecular formula is C12H16F2O2. The van der Waals surface area contributed by atoms with Gasteiger partial charge < -0.3 is 9.84 Å². The van der Waals surface area contributed by atoms with Crippen molar-refractivity contribution >= 4 is 0 Å². The summed E-state index contributed by atoms with van der Waals surface area (Å²) >= 11 is 0. The lowest BCUT2D eigenvalue weighted by Crippen LogP contribution is -2.20. The molecule has 0 aromatic heterocycles. The van der Waals surface area contributed by atoms with E-state index in [-0.39, 0.29) is 19.1 Å². The quantitative estimate of drug-likeness (QED) is 0.841. The molecule has 0 saturated carbocycles. The molecule has 0 saturated heterocycles. The number of rotatable bonds is 5. The maximum atomic E-state index is 12.8. The van der Waals surface area contributed by atoms with E-state index in [4.69, 9.17) is 4.74 Å². The van der Waals surface area contributed by atoms with Crippen molar-refractivity contribution in [3.8, 4) is 0 Å². The SMILES string of the molecule is CC(C)OCC(O)Cc1cc(F)cc(F)c1. The van der Waals surface area contributed by atoms with E-state index in [1.165, 1.54) is 12.1 Å². The Labute approximate surface area is 93.9 Å². The van der Waals surface area contributed by atoms with Crippen molar-refractivity contribution in [2.24, 2.45) is 0 Å². The maximum Gasteiger partial charge on any atom is 0.126 e. The Morgan fingerprint density at radius 2 is 1.75 bits per heavy atom. The first-order valence-electron chi connectivity index (χ1n) is 5.22. The summed E-state index contributed by atoms with van der Waals surface area (Å²) in [6.07, 6.45) is -0.538. The maximum absolute atomic E-state index is 12.8. The van der Waals surface area contributed by atoms with E-state index in [1.54, 1.807) is 0 Å². The zero-order valence-electron chi connectivity index (χ0n) is 9.41. The molecule has 90 valence electrons. The van der Waals surface area contributed by atoms with Crippen molar-refractivity contribution in [2.75, 3.05) is 6.61 Å². The van der Waals surface area contributed by atoms with Crippen LogP contribution in [-0.2, 0) is 11.2 Å². The normalized spacial score (nSPS) is 13.1. The number of halogens is 2. The second-order valence-corrected chi connectivity index (χ2v) is 4.02. The highest BCUT2D eigenvalue weighted by atomic mass is 19.1. The largest absolute Gasteiger partial charge is 0.390 e. The zero-order chi connectivity index (χ0) is 12.1. The van der Waals surface area contributed by atoms with Crippen molar-refractivity contribution in [2.45, 2.75) is 32.5 Å². The van der Waals surface area contributed by atoms with Crippen molar-refractivity contribution in [3.63, 3.8) is 0 Å². The predicted octanol–water partition coefficient (Wildman–Crippen LogP) is 2.29. The van der Waals surface area contributed by atoms with Gasteiger partial charge in [-0.3, -0.25) is 0 Å². The van der Waals surface area contributed by atoms with Crippen LogP contribution in [0.25, 0.3) is 0 Å². The molecule has 0 spiro atoms. The molecule has 0 radical (unpaired) electrons. The minimum Gasteiger partial charge on any atom is -0.390 e. The van der Waals surface area contributed by atoms with Crippen LogP contribution < -0.4 is 0 Å². The summed E-state index contributed by atoms with van der Waals surface area (Å²) < 4.78 is 30.9. The van der Waals surface area contributed by atoms with Gasteiger partial charge in [-0.15, -0.1) is 0 Å². The van der Waals surface area contributed by atoms with Gasteiger partial charge in [-0.2, -0.15) is 0 Å². The fourth-order valence-electron chi connectivity index (χ4n) is 1.36. The molecule has 1 unspecified atom stereocenters. The van der Waals surface area contributed by atoms with E-state index in [0.29, 0.717) is 5.56 Å². The molecule has 4 heteroatoms. The van der Waals surface area contributed by atoms with E-state index >= 15 is 0 Å². The van der Waals surface area contributed by atoms with Gasteiger partial charge in [0, 0.05) is 12.5 Å². The lowest BCUT2D eigenvalue weighted by molar-refractivity contribution is 0.00617. The van der Waals surface area contributed by atoms with Gasteiger partial charge in [0.2, 0.25) is 0 Å². The van der Waals surface area contributed by atoms with Crippen LogP contribution in [0.1, 0.15) is 19.4 Å². The van der Waals surface area contributed by atoms with Gasteiger partial charge in [0.15, 0.2) is 0 Å². The molecule has 0 bridgehead atoms. The Kier molecular flexibility index (Phi) is 4.83. The lowest BCUT2D eigenvalue weighted by atomic mass is 10.1. The summed E-state index contributed by atoms with van der Waals surface area (Å²) in [6.45, 7) is 3.87. The lowest BCUT2D eigenvalue weighted by Gasteiger charge is -2.13. The van der Waals surface area contributed by atoms with E-state index in [1.807, 2.05) is 13.8 Å². The Bertz CT molecular complexity index is 320. The minimum atomic E-state index is -0.747. The first-order chi connectivity index (χ1) is 7.47. The second-order valence-electron chi connectivity index (χ2n) is 4.02. The summed E-state index contributed by atoms with van der Waals surface area (Å²) in [6, 6.07) is 3.23. The molecule has 0 aliphatic rings. The van der Waals surface area contributed by atoms with Gasteiger partial charge in [-0.25, -0.2) is 8.78 Å². The summed E-state index contributed by atoms with van der Waals surface area (Å²) in [7, 11) is 0. The molecule has 0 aliphatic heterocycles. The fraction of sp³-hybridized carbons (Fsp3) is 0.500. The monoisotopic (exact) mass is 230 g/mol. The number of ether oxygens (including phenoxy) is 1. The number of aliphatic hydroxyl groups excluding tert-OH is 1. The van der Waals surface area contributed by atoms with Crippen LogP contribution in [0, 0.1) is 11.6 Å². The summed E-state index contributed by atoms with van der Waals surface area (Å²) in [5, 5.41) is 9.56. The number of hydrogen-bond acceptors (Lipinski definition) is 2. The molecule has 1 aromatic rings. The highest BCUT2D eigenvalue weighted by Crippen LogP contribution is 2.10. The Hall–Kier alpha value is -1.00. The second kappa shape index (κ2) is 5.92. The Morgan fingerprint density at radius 3 is 2.25 bits per heavy atom. The highest BCUT2D eigenvalue weighted by Gasteiger charge is 2.09. The molecule has 1 N–H and O–H groups in total. The van der Waals surface area contributed by atoms with Gasteiger partial charge in [0.25, 0.3) is 0 Å². The Balaban J connectivity index is 2.52. The van der Waals surface area contributed by atoms with E-state index < -0.39 is 17.7 Å². The molecular weight excluding hydrogens is 214 g/mol. The Morgan fingerprint density at radius 1 is 1.19 bits per heavy atom. The minimum absolute atomic E-state index is 0.0268. The third kappa shape index (κ3) is 4.68. The smallest absolute Gasteiger partial charge is 0.126 e. The molecule has 1 rings (SSSR count). The van der Waals surface area contributed by atoms with Gasteiger partial charge in [0.05, 0.1) is 18.8 Å². The summed E-state index contributed by atoms with van der Waals surface area (Å²) in [5.41, 5.74) is 0.428. The van der Waals surface area contributed by atoms with Gasteiger partial charge in [-0.1, -0.05) is 0 Å². The number of benzene rings is 1.